The smallest absolute Gasteiger partial charge is 0.336 e. The molecule has 2 aromatic carbocycles. The Hall–Kier alpha value is -3.60. The van der Waals surface area contributed by atoms with Crippen LogP contribution >= 0.6 is 6.72 Å². The lowest BCUT2D eigenvalue weighted by Crippen LogP contribution is -2.24. The molecule has 2 aliphatic rings. The van der Waals surface area contributed by atoms with E-state index in [1.165, 1.54) is 49.6 Å². The molecule has 40 heavy (non-hydrogen) atoms. The number of benzene rings is 3. The predicted octanol–water partition coefficient (Wildman–Crippen LogP) is 4.51. The molecule has 0 saturated carbocycles. The predicted molar refractivity (Wildman–Crippen MR) is 151 cm³/mol. The monoisotopic (exact) mass is 584 g/mol. The summed E-state index contributed by atoms with van der Waals surface area (Å²) in [6.07, 6.45) is 2.92. The second-order valence-corrected chi connectivity index (χ2v) is 11.9. The Labute approximate surface area is 234 Å². The molecule has 12 heteroatoms. The molecule has 0 saturated heterocycles. The number of carbonyl (C=O) groups excluding carboxylic acids is 1. The van der Waals surface area contributed by atoms with Crippen molar-refractivity contribution >= 4 is 41.4 Å². The van der Waals surface area contributed by atoms with Crippen LogP contribution in [0.3, 0.4) is 0 Å². The first kappa shape index (κ1) is 29.4. The van der Waals surface area contributed by atoms with Crippen LogP contribution in [0.5, 0.6) is 5.75 Å². The number of aromatic hydroxyl groups is 1. The second kappa shape index (κ2) is 12.7. The minimum atomic E-state index is -3.39. The lowest BCUT2D eigenvalue weighted by atomic mass is 9.89. The number of hydrogen-bond acceptors (Lipinski definition) is 9. The van der Waals surface area contributed by atoms with Crippen LogP contribution in [0.4, 0.5) is 0 Å². The van der Waals surface area contributed by atoms with Gasteiger partial charge in [0.2, 0.25) is 0 Å². The molecule has 2 aromatic rings. The Balaban J connectivity index is 1.56. The molecule has 210 valence electrons. The molecule has 0 spiro atoms. The van der Waals surface area contributed by atoms with Gasteiger partial charge in [-0.15, -0.1) is 0 Å². The van der Waals surface area contributed by atoms with Crippen molar-refractivity contribution in [1.82, 2.24) is 5.32 Å². The van der Waals surface area contributed by atoms with Crippen molar-refractivity contribution in [3.8, 4) is 28.2 Å². The summed E-state index contributed by atoms with van der Waals surface area (Å²) in [6, 6.07) is 12.9. The molecule has 3 N–H and O–H groups in total. The van der Waals surface area contributed by atoms with Crippen molar-refractivity contribution in [2.75, 3.05) is 20.3 Å². The van der Waals surface area contributed by atoms with E-state index >= 15 is 0 Å². The van der Waals surface area contributed by atoms with Crippen molar-refractivity contribution in [3.05, 3.63) is 75.9 Å². The lowest BCUT2D eigenvalue weighted by molar-refractivity contribution is -0.204. The summed E-state index contributed by atoms with van der Waals surface area (Å²) in [6.45, 7) is -2.77. The summed E-state index contributed by atoms with van der Waals surface area (Å²) in [7, 11) is 1.24. The molecule has 1 aliphatic carbocycles. The number of fused-ring (bicyclic) bond motifs is 2. The quantitative estimate of drug-likeness (QED) is 0.123. The number of nitrogens with one attached hydrogen (secondary N) is 1. The van der Waals surface area contributed by atoms with Gasteiger partial charge in [0, 0.05) is 47.9 Å². The summed E-state index contributed by atoms with van der Waals surface area (Å²) in [5, 5.41) is 23.3. The van der Waals surface area contributed by atoms with Gasteiger partial charge in [-0.05, 0) is 60.9 Å². The maximum Gasteiger partial charge on any atom is 0.336 e. The molecular weight excluding hydrogens is 557 g/mol. The Morgan fingerprint density at radius 1 is 1.02 bits per heavy atom. The zero-order valence-corrected chi connectivity index (χ0v) is 23.3. The highest BCUT2D eigenvalue weighted by molar-refractivity contribution is 8.06. The second-order valence-electron chi connectivity index (χ2n) is 9.01. The van der Waals surface area contributed by atoms with Gasteiger partial charge in [-0.3, -0.25) is 9.59 Å². The average Bonchev–Trinajstić information content (AvgIpc) is 2.92. The molecule has 1 aliphatic heterocycles. The third kappa shape index (κ3) is 6.93. The number of hydrogen-bond donors (Lipinski definition) is 3. The summed E-state index contributed by atoms with van der Waals surface area (Å²) < 4.78 is 15.5. The maximum absolute atomic E-state index is 13.0. The molecule has 0 radical (unpaired) electrons. The van der Waals surface area contributed by atoms with Gasteiger partial charge < -0.3 is 33.9 Å². The zero-order valence-electron chi connectivity index (χ0n) is 21.5. The van der Waals surface area contributed by atoms with Crippen LogP contribution in [0.25, 0.3) is 33.4 Å². The number of carboxylic acids is 1. The molecule has 1 atom stereocenters. The first-order chi connectivity index (χ1) is 19.1. The highest BCUT2D eigenvalue weighted by Crippen LogP contribution is 2.42. The van der Waals surface area contributed by atoms with Crippen LogP contribution in [0.1, 0.15) is 46.4 Å². The van der Waals surface area contributed by atoms with Gasteiger partial charge >= 0.3 is 5.97 Å². The first-order valence-electron chi connectivity index (χ1n) is 12.5. The number of phenolic OH excluding ortho intramolecular Hbond substituents is 1. The van der Waals surface area contributed by atoms with E-state index < -0.39 is 12.7 Å². The molecule has 1 heterocycles. The molecular formula is C28H27NO9PS-. The summed E-state index contributed by atoms with van der Waals surface area (Å²) in [5.74, 6) is -1.41. The Morgan fingerprint density at radius 2 is 1.80 bits per heavy atom. The number of aromatic carboxylic acids is 1. The fourth-order valence-corrected chi connectivity index (χ4v) is 5.02. The van der Waals surface area contributed by atoms with E-state index in [0.717, 1.165) is 12.8 Å². The largest absolute Gasteiger partial charge is 0.780 e. The summed E-state index contributed by atoms with van der Waals surface area (Å²) in [5.41, 5.74) is 1.39. The SMILES string of the molecule is COP([O-])(=S)OCCCCCCNC(=O)c1ccc(C(=O)O)c(-c2c3ccc(=O)cc-3oc3cc(O)ccc23)c1. The van der Waals surface area contributed by atoms with Crippen molar-refractivity contribution in [2.45, 2.75) is 25.7 Å². The minimum Gasteiger partial charge on any atom is -0.780 e. The Kier molecular flexibility index (Phi) is 9.34. The fraction of sp³-hybridized carbons (Fsp3) is 0.250. The van der Waals surface area contributed by atoms with E-state index in [1.54, 1.807) is 12.1 Å². The number of rotatable bonds is 12. The van der Waals surface area contributed by atoms with Gasteiger partial charge in [0.05, 0.1) is 12.2 Å². The number of amides is 1. The topological polar surface area (TPSA) is 158 Å². The van der Waals surface area contributed by atoms with Crippen molar-refractivity contribution < 1.29 is 38.2 Å². The summed E-state index contributed by atoms with van der Waals surface area (Å²) >= 11 is 4.66. The normalized spacial score (nSPS) is 12.8. The number of carbonyl (C=O) groups is 2. The molecule has 10 nitrogen and oxygen atoms in total. The van der Waals surface area contributed by atoms with E-state index in [1.807, 2.05) is 0 Å². The number of carboxylic acid groups (broad SMARTS) is 1. The van der Waals surface area contributed by atoms with Crippen LogP contribution < -0.4 is 15.6 Å². The molecule has 0 bridgehead atoms. The van der Waals surface area contributed by atoms with Gasteiger partial charge in [0.1, 0.15) is 23.8 Å². The van der Waals surface area contributed by atoms with Gasteiger partial charge in [0.25, 0.3) is 5.91 Å². The van der Waals surface area contributed by atoms with Crippen molar-refractivity contribution in [3.63, 3.8) is 0 Å². The standard InChI is InChI=1S/C28H28NO9PS/c1-36-39(35,40)37-13-5-3-2-4-12-29-27(32)17-6-9-20(28(33)34)23(14-17)26-21-10-7-18(30)15-24(21)38-25-16-19(31)8-11-22(25)26/h6-11,14-16,30H,2-5,12-13H2,1H3,(H,29,32)(H,33,34)(H,35,40)/p-1. The van der Waals surface area contributed by atoms with Gasteiger partial charge in [-0.1, -0.05) is 24.6 Å². The average molecular weight is 585 g/mol. The molecule has 0 aromatic heterocycles. The van der Waals surface area contributed by atoms with Crippen molar-refractivity contribution in [2.24, 2.45) is 0 Å². The molecule has 4 rings (SSSR count). The highest BCUT2D eigenvalue weighted by Gasteiger charge is 2.23. The fourth-order valence-electron chi connectivity index (χ4n) is 4.34. The van der Waals surface area contributed by atoms with Crippen LogP contribution in [0, 0.1) is 0 Å². The van der Waals surface area contributed by atoms with E-state index in [0.29, 0.717) is 35.9 Å². The molecule has 1 amide bonds. The first-order valence-corrected chi connectivity index (χ1v) is 15.0. The number of unbranched alkanes of at least 4 members (excludes halogenated alkanes) is 3. The zero-order chi connectivity index (χ0) is 28.9. The number of phenols is 1. The highest BCUT2D eigenvalue weighted by atomic mass is 32.5. The third-order valence-electron chi connectivity index (χ3n) is 6.29. The Bertz CT molecular complexity index is 1630. The Morgan fingerprint density at radius 3 is 2.55 bits per heavy atom. The van der Waals surface area contributed by atoms with Gasteiger partial charge in [0.15, 0.2) is 5.43 Å². The van der Waals surface area contributed by atoms with Crippen LogP contribution in [-0.2, 0) is 20.9 Å². The van der Waals surface area contributed by atoms with E-state index in [4.69, 9.17) is 8.94 Å². The van der Waals surface area contributed by atoms with E-state index in [9.17, 15) is 29.5 Å². The lowest BCUT2D eigenvalue weighted by Gasteiger charge is -2.24. The van der Waals surface area contributed by atoms with Crippen LogP contribution in [-0.4, -0.2) is 42.4 Å². The van der Waals surface area contributed by atoms with Gasteiger partial charge in [-0.25, -0.2) is 4.79 Å². The summed E-state index contributed by atoms with van der Waals surface area (Å²) in [4.78, 5) is 48.7. The maximum atomic E-state index is 13.0. The van der Waals surface area contributed by atoms with E-state index in [-0.39, 0.29) is 51.7 Å². The third-order valence-corrected chi connectivity index (χ3v) is 8.00. The van der Waals surface area contributed by atoms with Crippen LogP contribution in [0.2, 0.25) is 0 Å². The van der Waals surface area contributed by atoms with Crippen molar-refractivity contribution in [1.29, 1.82) is 0 Å². The minimum absolute atomic E-state index is 0.0380. The molecule has 0 fully saturated rings. The van der Waals surface area contributed by atoms with E-state index in [2.05, 4.69) is 21.6 Å². The van der Waals surface area contributed by atoms with Gasteiger partial charge in [-0.2, -0.15) is 0 Å². The molecule has 1 unspecified atom stereocenters. The van der Waals surface area contributed by atoms with Crippen LogP contribution in [0.15, 0.2) is 63.8 Å².